The number of amides is 3. The van der Waals surface area contributed by atoms with Crippen LogP contribution in [0.15, 0.2) is 15.8 Å². The van der Waals surface area contributed by atoms with E-state index in [0.29, 0.717) is 36.8 Å². The predicted molar refractivity (Wildman–Crippen MR) is 104 cm³/mol. The molecule has 0 radical (unpaired) electrons. The number of hydrogen-bond donors (Lipinski definition) is 4. The van der Waals surface area contributed by atoms with Crippen molar-refractivity contribution < 1.29 is 14.0 Å². The largest absolute Gasteiger partial charge is 0.338 e. The lowest BCUT2D eigenvalue weighted by atomic mass is 10.2. The van der Waals surface area contributed by atoms with Crippen LogP contribution in [-0.4, -0.2) is 41.2 Å². The highest BCUT2D eigenvalue weighted by Gasteiger charge is 2.10. The zero-order valence-electron chi connectivity index (χ0n) is 16.3. The molecule has 0 bridgehead atoms. The van der Waals surface area contributed by atoms with E-state index in [4.69, 9.17) is 0 Å². The summed E-state index contributed by atoms with van der Waals surface area (Å²) in [5.41, 5.74) is -2.15. The fourth-order valence-corrected chi connectivity index (χ4v) is 2.50. The van der Waals surface area contributed by atoms with Crippen LogP contribution in [0.5, 0.6) is 0 Å². The van der Waals surface area contributed by atoms with Crippen LogP contribution in [0.4, 0.5) is 14.0 Å². The minimum atomic E-state index is -1.20. The van der Waals surface area contributed by atoms with Gasteiger partial charge in [0, 0.05) is 19.6 Å². The summed E-state index contributed by atoms with van der Waals surface area (Å²) in [5, 5.41) is 8.11. The third-order valence-electron chi connectivity index (χ3n) is 4.10. The summed E-state index contributed by atoms with van der Waals surface area (Å²) < 4.78 is 13.6. The Balaban J connectivity index is 2.05. The highest BCUT2D eigenvalue weighted by Crippen LogP contribution is 1.98. The van der Waals surface area contributed by atoms with Gasteiger partial charge in [-0.2, -0.15) is 4.39 Å². The van der Waals surface area contributed by atoms with Gasteiger partial charge in [0.1, 0.15) is 0 Å². The number of nitrogens with zero attached hydrogens (tertiary/aromatic N) is 1. The first kappa shape index (κ1) is 23.4. The molecular formula is C18H30FN5O4. The number of aromatic amines is 1. The molecule has 0 aliphatic heterocycles. The fraction of sp³-hybridized carbons (Fsp3) is 0.667. The van der Waals surface area contributed by atoms with Crippen LogP contribution >= 0.6 is 0 Å². The first-order valence-electron chi connectivity index (χ1n) is 9.77. The van der Waals surface area contributed by atoms with E-state index < -0.39 is 23.1 Å². The molecule has 0 fully saturated rings. The van der Waals surface area contributed by atoms with Crippen molar-refractivity contribution in [1.29, 1.82) is 0 Å². The number of unbranched alkanes of at least 4 members (excludes halogenated alkanes) is 6. The summed E-state index contributed by atoms with van der Waals surface area (Å²) in [6.45, 7) is 3.73. The van der Waals surface area contributed by atoms with Gasteiger partial charge in [-0.05, 0) is 19.3 Å². The highest BCUT2D eigenvalue weighted by molar-refractivity contribution is 5.76. The summed E-state index contributed by atoms with van der Waals surface area (Å²) >= 11 is 0. The topological polar surface area (TPSA) is 125 Å². The van der Waals surface area contributed by atoms with E-state index in [1.54, 1.807) is 4.98 Å². The Labute approximate surface area is 163 Å². The van der Waals surface area contributed by atoms with Crippen molar-refractivity contribution >= 4 is 12.1 Å². The quantitative estimate of drug-likeness (QED) is 0.399. The average Bonchev–Trinajstić information content (AvgIpc) is 2.66. The lowest BCUT2D eigenvalue weighted by Gasteiger charge is -2.08. The van der Waals surface area contributed by atoms with Gasteiger partial charge < -0.3 is 16.0 Å². The predicted octanol–water partition coefficient (Wildman–Crippen LogP) is 1.67. The van der Waals surface area contributed by atoms with Gasteiger partial charge in [-0.3, -0.25) is 9.78 Å². The fourth-order valence-electron chi connectivity index (χ4n) is 2.50. The molecule has 1 heterocycles. The highest BCUT2D eigenvalue weighted by atomic mass is 19.1. The van der Waals surface area contributed by atoms with E-state index in [1.807, 2.05) is 0 Å². The number of carbonyl (C=O) groups is 2. The van der Waals surface area contributed by atoms with Gasteiger partial charge in [-0.25, -0.2) is 19.0 Å². The molecule has 0 saturated heterocycles. The number of hydrogen-bond acceptors (Lipinski definition) is 4. The van der Waals surface area contributed by atoms with Crippen molar-refractivity contribution in [2.24, 2.45) is 0 Å². The first-order valence-corrected chi connectivity index (χ1v) is 9.77. The van der Waals surface area contributed by atoms with Crippen molar-refractivity contribution in [3.05, 3.63) is 32.9 Å². The number of rotatable bonds is 12. The number of nitrogens with one attached hydrogen (secondary N) is 4. The van der Waals surface area contributed by atoms with E-state index in [0.717, 1.165) is 32.1 Å². The number of H-pyrrole nitrogens is 1. The molecule has 0 atom stereocenters. The lowest BCUT2D eigenvalue weighted by molar-refractivity contribution is 0.239. The van der Waals surface area contributed by atoms with E-state index in [2.05, 4.69) is 22.9 Å². The lowest BCUT2D eigenvalue weighted by Crippen LogP contribution is -2.40. The summed E-state index contributed by atoms with van der Waals surface area (Å²) in [5.74, 6) is -1.20. The molecule has 158 valence electrons. The molecule has 0 saturated carbocycles. The van der Waals surface area contributed by atoms with E-state index in [1.165, 1.54) is 12.8 Å². The van der Waals surface area contributed by atoms with Gasteiger partial charge in [0.2, 0.25) is 5.82 Å². The van der Waals surface area contributed by atoms with Gasteiger partial charge in [-0.15, -0.1) is 0 Å². The van der Waals surface area contributed by atoms with E-state index >= 15 is 0 Å². The van der Waals surface area contributed by atoms with Gasteiger partial charge in [-0.1, -0.05) is 39.0 Å². The molecule has 1 aromatic heterocycles. The maximum Gasteiger partial charge on any atom is 0.336 e. The standard InChI is InChI=1S/C18H30FN5O4/c1-2-3-4-7-10-20-16(26)21-11-8-5-6-9-12-22-17(27)24-13-14(19)15(25)23-18(24)28/h13H,2-12H2,1H3,(H,22,27)(H2,20,21,26)(H,23,25,28). The number of aromatic nitrogens is 2. The van der Waals surface area contributed by atoms with Gasteiger partial charge >= 0.3 is 17.8 Å². The molecule has 0 unspecified atom stereocenters. The van der Waals surface area contributed by atoms with Crippen LogP contribution < -0.4 is 27.2 Å². The molecule has 28 heavy (non-hydrogen) atoms. The van der Waals surface area contributed by atoms with Crippen LogP contribution in [0.2, 0.25) is 0 Å². The molecule has 3 amide bonds. The van der Waals surface area contributed by atoms with Crippen LogP contribution in [0.3, 0.4) is 0 Å². The zero-order chi connectivity index (χ0) is 20.8. The second-order valence-electron chi connectivity index (χ2n) is 6.50. The molecule has 0 aliphatic rings. The monoisotopic (exact) mass is 399 g/mol. The van der Waals surface area contributed by atoms with Crippen molar-refractivity contribution in [1.82, 2.24) is 25.5 Å². The normalized spacial score (nSPS) is 10.5. The first-order chi connectivity index (χ1) is 13.5. The summed E-state index contributed by atoms with van der Waals surface area (Å²) in [6.07, 6.45) is 8.23. The van der Waals surface area contributed by atoms with Crippen LogP contribution in [-0.2, 0) is 0 Å². The van der Waals surface area contributed by atoms with Crippen LogP contribution in [0, 0.1) is 5.82 Å². The Hall–Kier alpha value is -2.65. The van der Waals surface area contributed by atoms with Crippen molar-refractivity contribution in [2.75, 3.05) is 19.6 Å². The molecule has 0 spiro atoms. The summed E-state index contributed by atoms with van der Waals surface area (Å²) in [7, 11) is 0. The molecule has 9 nitrogen and oxygen atoms in total. The summed E-state index contributed by atoms with van der Waals surface area (Å²) in [6, 6.07) is -0.945. The van der Waals surface area contributed by atoms with Crippen LogP contribution in [0.25, 0.3) is 0 Å². The molecule has 0 aromatic carbocycles. The van der Waals surface area contributed by atoms with Gasteiger partial charge in [0.25, 0.3) is 5.56 Å². The van der Waals surface area contributed by atoms with Crippen molar-refractivity contribution in [3.8, 4) is 0 Å². The molecule has 1 rings (SSSR count). The Morgan fingerprint density at radius 3 is 2.04 bits per heavy atom. The second-order valence-corrected chi connectivity index (χ2v) is 6.50. The molecule has 4 N–H and O–H groups in total. The van der Waals surface area contributed by atoms with Gasteiger partial charge in [0.05, 0.1) is 6.20 Å². The third kappa shape index (κ3) is 9.33. The minimum Gasteiger partial charge on any atom is -0.338 e. The Bertz CT molecular complexity index is 731. The number of halogens is 1. The number of urea groups is 1. The van der Waals surface area contributed by atoms with E-state index in [-0.39, 0.29) is 6.03 Å². The van der Waals surface area contributed by atoms with Crippen LogP contribution in [0.1, 0.15) is 58.3 Å². The molecule has 0 aliphatic carbocycles. The molecule has 1 aromatic rings. The van der Waals surface area contributed by atoms with Crippen molar-refractivity contribution in [3.63, 3.8) is 0 Å². The maximum atomic E-state index is 13.1. The second kappa shape index (κ2) is 13.5. The zero-order valence-corrected chi connectivity index (χ0v) is 16.3. The third-order valence-corrected chi connectivity index (χ3v) is 4.10. The number of carbonyl (C=O) groups excluding carboxylic acids is 2. The SMILES string of the molecule is CCCCCCNC(=O)NCCCCCCNC(=O)n1cc(F)c(=O)[nH]c1=O. The van der Waals surface area contributed by atoms with Crippen molar-refractivity contribution in [2.45, 2.75) is 58.3 Å². The maximum absolute atomic E-state index is 13.1. The minimum absolute atomic E-state index is 0.151. The van der Waals surface area contributed by atoms with Gasteiger partial charge in [0.15, 0.2) is 0 Å². The molecule has 10 heteroatoms. The Morgan fingerprint density at radius 1 is 0.929 bits per heavy atom. The smallest absolute Gasteiger partial charge is 0.336 e. The Kier molecular flexibility index (Phi) is 11.3. The molecular weight excluding hydrogens is 369 g/mol. The van der Waals surface area contributed by atoms with E-state index in [9.17, 15) is 23.6 Å². The average molecular weight is 399 g/mol. The Morgan fingerprint density at radius 2 is 1.46 bits per heavy atom. The summed E-state index contributed by atoms with van der Waals surface area (Å²) in [4.78, 5) is 47.4.